The number of terminal acetylenes is 1. The first-order valence-electron chi connectivity index (χ1n) is 31.5. The number of carbonyl (C=O) groups excluding carboxylic acids is 5. The van der Waals surface area contributed by atoms with Gasteiger partial charge in [-0.3, -0.25) is 0 Å². The zero-order valence-electron chi connectivity index (χ0n) is 54.4. The summed E-state index contributed by atoms with van der Waals surface area (Å²) in [5, 5.41) is 0. The van der Waals surface area contributed by atoms with Crippen LogP contribution in [0.2, 0.25) is 0 Å². The van der Waals surface area contributed by atoms with E-state index in [1.807, 2.05) is 33.4 Å². The van der Waals surface area contributed by atoms with Crippen molar-refractivity contribution < 1.29 is 52.4 Å². The molecule has 484 valence electrons. The van der Waals surface area contributed by atoms with Gasteiger partial charge in [0, 0.05) is 78.3 Å². The number of piperidine rings is 3. The topological polar surface area (TPSA) is 157 Å². The summed E-state index contributed by atoms with van der Waals surface area (Å²) in [4.78, 5) is 67.7. The van der Waals surface area contributed by atoms with Crippen molar-refractivity contribution in [2.45, 2.75) is 235 Å². The molecule has 7 rings (SSSR count). The molecule has 0 spiro atoms. The van der Waals surface area contributed by atoms with Gasteiger partial charge in [0.2, 0.25) is 0 Å². The molecule has 0 aromatic heterocycles. The third kappa shape index (κ3) is 27.8. The van der Waals surface area contributed by atoms with Crippen LogP contribution in [-0.4, -0.2) is 166 Å². The molecule has 16 nitrogen and oxygen atoms in total. The Morgan fingerprint density at radius 3 is 1.06 bits per heavy atom. The number of amides is 5. The molecule has 0 N–H and O–H groups in total. The van der Waals surface area contributed by atoms with Crippen LogP contribution in [-0.2, 0) is 28.4 Å². The maximum Gasteiger partial charge on any atom is 0.410 e. The second-order valence-corrected chi connectivity index (χ2v) is 29.2. The molecule has 1 aliphatic carbocycles. The number of hydrogen-bond acceptors (Lipinski definition) is 11. The van der Waals surface area contributed by atoms with Gasteiger partial charge in [-0.25, -0.2) is 24.0 Å². The maximum absolute atomic E-state index is 12.0. The average molecular weight is 1180 g/mol. The van der Waals surface area contributed by atoms with Crippen molar-refractivity contribution in [1.29, 1.82) is 0 Å². The Morgan fingerprint density at radius 2 is 0.759 bits per heavy atom. The number of nitrogens with zero attached hydrogens (tertiary/aromatic N) is 5. The van der Waals surface area contributed by atoms with Crippen LogP contribution >= 0.6 is 0 Å². The fourth-order valence-corrected chi connectivity index (χ4v) is 11.4. The van der Waals surface area contributed by atoms with Gasteiger partial charge >= 0.3 is 30.5 Å². The minimum atomic E-state index is -0.215. The lowest BCUT2D eigenvalue weighted by Gasteiger charge is -2.39. The molecule has 83 heavy (non-hydrogen) atoms. The van der Waals surface area contributed by atoms with Crippen LogP contribution in [0, 0.1) is 69.0 Å². The molecule has 16 heteroatoms. The van der Waals surface area contributed by atoms with Gasteiger partial charge in [0.1, 0.15) is 18.8 Å². The monoisotopic (exact) mass is 1180 g/mol. The zero-order valence-corrected chi connectivity index (χ0v) is 54.4. The van der Waals surface area contributed by atoms with Gasteiger partial charge in [-0.05, 0) is 141 Å². The lowest BCUT2D eigenvalue weighted by atomic mass is 9.75. The number of carbonyl (C=O) groups is 5. The molecule has 7 fully saturated rings. The minimum absolute atomic E-state index is 0. The molecule has 0 aromatic carbocycles. The second kappa shape index (κ2) is 36.1. The van der Waals surface area contributed by atoms with E-state index in [1.165, 1.54) is 6.42 Å². The third-order valence-corrected chi connectivity index (χ3v) is 17.9. The first kappa shape index (κ1) is 76.9. The number of ether oxygens (including phenoxy) is 6. The predicted molar refractivity (Wildman–Crippen MR) is 336 cm³/mol. The normalized spacial score (nSPS) is 21.9. The fraction of sp³-hybridized carbons (Fsp3) is 0.896. The van der Waals surface area contributed by atoms with Crippen molar-refractivity contribution >= 4 is 30.5 Å². The second-order valence-electron chi connectivity index (χ2n) is 29.2. The van der Waals surface area contributed by atoms with Crippen LogP contribution in [0.15, 0.2) is 0 Å². The van der Waals surface area contributed by atoms with E-state index >= 15 is 0 Å². The number of hydrogen-bond donors (Lipinski definition) is 0. The quantitative estimate of drug-likeness (QED) is 0.136. The van der Waals surface area contributed by atoms with Crippen LogP contribution in [0.3, 0.4) is 0 Å². The fourth-order valence-electron chi connectivity index (χ4n) is 11.4. The molecule has 3 atom stereocenters. The lowest BCUT2D eigenvalue weighted by molar-refractivity contribution is 0.0151. The van der Waals surface area contributed by atoms with E-state index in [4.69, 9.17) is 34.8 Å². The Morgan fingerprint density at radius 1 is 0.434 bits per heavy atom. The zero-order chi connectivity index (χ0) is 60.8. The van der Waals surface area contributed by atoms with Crippen LogP contribution in [0.25, 0.3) is 0 Å². The molecule has 3 unspecified atom stereocenters. The molecule has 0 radical (unpaired) electrons. The van der Waals surface area contributed by atoms with Gasteiger partial charge in [0.05, 0.1) is 26.4 Å². The van der Waals surface area contributed by atoms with E-state index in [0.717, 1.165) is 148 Å². The summed E-state index contributed by atoms with van der Waals surface area (Å²) in [6.45, 7) is 48.7. The largest absolute Gasteiger partial charge is 0.450 e. The summed E-state index contributed by atoms with van der Waals surface area (Å²) in [5.74, 6) is 5.79. The number of rotatable bonds is 7. The van der Waals surface area contributed by atoms with Crippen LogP contribution < -0.4 is 0 Å². The Hall–Kier alpha value is -4.13. The van der Waals surface area contributed by atoms with E-state index < -0.39 is 0 Å². The Bertz CT molecular complexity index is 1910. The SMILES string of the molecule is C.C.C#CCCOC(=O)N1CCC(C(C)(C)C)CC1.CC(C)(C)C1CCN(C(=O)OC2CCC2)CC1.CC(C)(C)C1CCN(C(=O)OC2CCOC2)CC1.CCCOC(=O)N1CCC(C(C)(C)C)C1.CCOC(=O)N1CCC(C(C)(C)C)C1. The van der Waals surface area contributed by atoms with Crippen molar-refractivity contribution in [1.82, 2.24) is 24.5 Å². The molecule has 6 aliphatic heterocycles. The van der Waals surface area contributed by atoms with Gasteiger partial charge in [-0.1, -0.05) is 126 Å². The Labute approximate surface area is 507 Å². The van der Waals surface area contributed by atoms with Gasteiger partial charge < -0.3 is 52.9 Å². The van der Waals surface area contributed by atoms with E-state index in [-0.39, 0.29) is 57.5 Å². The third-order valence-electron chi connectivity index (χ3n) is 17.9. The van der Waals surface area contributed by atoms with E-state index in [9.17, 15) is 24.0 Å². The lowest BCUT2D eigenvalue weighted by Crippen LogP contribution is -2.43. The Kier molecular flexibility index (Phi) is 33.5. The summed E-state index contributed by atoms with van der Waals surface area (Å²) in [6.07, 6.45) is 18.8. The van der Waals surface area contributed by atoms with Crippen molar-refractivity contribution in [3.05, 3.63) is 0 Å². The first-order valence-corrected chi connectivity index (χ1v) is 31.5. The van der Waals surface area contributed by atoms with Crippen molar-refractivity contribution in [3.8, 4) is 12.3 Å². The minimum Gasteiger partial charge on any atom is -0.450 e. The van der Waals surface area contributed by atoms with Gasteiger partial charge in [-0.15, -0.1) is 12.3 Å². The molecule has 7 aliphatic rings. The smallest absolute Gasteiger partial charge is 0.410 e. The highest BCUT2D eigenvalue weighted by Gasteiger charge is 2.38. The molecule has 6 saturated heterocycles. The summed E-state index contributed by atoms with van der Waals surface area (Å²) < 4.78 is 31.3. The van der Waals surface area contributed by atoms with E-state index in [1.54, 1.807) is 4.90 Å². The van der Waals surface area contributed by atoms with Gasteiger partial charge in [0.25, 0.3) is 0 Å². The Balaban J connectivity index is 0.000000517. The van der Waals surface area contributed by atoms with Crippen LogP contribution in [0.1, 0.15) is 222 Å². The number of likely N-dealkylation sites (tertiary alicyclic amines) is 5. The molecule has 0 bridgehead atoms. The summed E-state index contributed by atoms with van der Waals surface area (Å²) in [6, 6.07) is 0. The molecule has 5 amide bonds. The maximum atomic E-state index is 12.0. The van der Waals surface area contributed by atoms with E-state index in [0.29, 0.717) is 90.2 Å². The van der Waals surface area contributed by atoms with Crippen molar-refractivity contribution in [2.75, 3.05) is 98.5 Å². The molecule has 0 aromatic rings. The molecular weight excluding hydrogens is 1050 g/mol. The molecule has 6 heterocycles. The highest BCUT2D eigenvalue weighted by atomic mass is 16.6. The predicted octanol–water partition coefficient (Wildman–Crippen LogP) is 15.7. The average Bonchev–Trinajstić information content (AvgIpc) is 4.22. The molecular formula is C67H125N5O11. The summed E-state index contributed by atoms with van der Waals surface area (Å²) in [7, 11) is 0. The summed E-state index contributed by atoms with van der Waals surface area (Å²) in [5.41, 5.74) is 1.62. The molecule has 1 saturated carbocycles. The van der Waals surface area contributed by atoms with Crippen molar-refractivity contribution in [2.24, 2.45) is 56.7 Å². The van der Waals surface area contributed by atoms with Crippen molar-refractivity contribution in [3.63, 3.8) is 0 Å². The van der Waals surface area contributed by atoms with Gasteiger partial charge in [-0.2, -0.15) is 0 Å². The van der Waals surface area contributed by atoms with Crippen LogP contribution in [0.4, 0.5) is 24.0 Å². The van der Waals surface area contributed by atoms with Gasteiger partial charge in [0.15, 0.2) is 0 Å². The highest BCUT2D eigenvalue weighted by molar-refractivity contribution is 5.69. The summed E-state index contributed by atoms with van der Waals surface area (Å²) >= 11 is 0. The highest BCUT2D eigenvalue weighted by Crippen LogP contribution is 2.38. The first-order chi connectivity index (χ1) is 37.8. The standard InChI is InChI=1S/C14H25NO3.C14H25NO2.C14H23NO2.C12H23NO2.C11H21NO2.2CH4/c1-14(2,3)11-4-7-15(8-5-11)13(16)18-12-6-9-17-10-12;1-14(2,3)11-7-9-15(10-8-11)13(16)17-12-5-4-6-12;1-5-6-11-17-13(16)15-9-7-12(8-10-15)14(2,3)4;1-5-8-15-11(14)13-7-6-10(9-13)12(2,3)4;1-5-14-10(13)12-7-6-9(8-12)11(2,3)4;;/h11-12H,4-10H2,1-3H3;11-12H,4-10H2,1-3H3;1,12H,6-11H2,2-4H3;10H,5-9H2,1-4H3;9H,5-8H2,1-4H3;2*1H4. The van der Waals surface area contributed by atoms with E-state index in [2.05, 4.69) is 110 Å². The van der Waals surface area contributed by atoms with Crippen LogP contribution in [0.5, 0.6) is 0 Å².